The van der Waals surface area contributed by atoms with Gasteiger partial charge < -0.3 is 5.11 Å². The van der Waals surface area contributed by atoms with E-state index in [1.807, 2.05) is 12.3 Å². The molecule has 0 atom stereocenters. The van der Waals surface area contributed by atoms with Crippen molar-refractivity contribution in [1.29, 1.82) is 0 Å². The van der Waals surface area contributed by atoms with E-state index < -0.39 is 0 Å². The van der Waals surface area contributed by atoms with Crippen LogP contribution >= 0.6 is 22.7 Å². The zero-order chi connectivity index (χ0) is 15.0. The Morgan fingerprint density at radius 3 is 2.76 bits per heavy atom. The number of aromatic nitrogens is 2. The summed E-state index contributed by atoms with van der Waals surface area (Å²) in [5, 5.41) is 12.5. The molecule has 2 aromatic rings. The van der Waals surface area contributed by atoms with Crippen LogP contribution in [0.25, 0.3) is 10.6 Å². The number of aryl methyl sites for hydroxylation is 1. The Morgan fingerprint density at radius 1 is 1.38 bits per heavy atom. The summed E-state index contributed by atoms with van der Waals surface area (Å²) in [6, 6.07) is 0. The molecule has 3 rings (SSSR count). The molecule has 1 saturated carbocycles. The lowest BCUT2D eigenvalue weighted by molar-refractivity contribution is -0.136. The molecule has 5 nitrogen and oxygen atoms in total. The van der Waals surface area contributed by atoms with Crippen molar-refractivity contribution >= 4 is 34.2 Å². The lowest BCUT2D eigenvalue weighted by atomic mass is 9.80. The maximum atomic E-state index is 12.0. The molecule has 1 N–H and O–H groups in total. The largest absolute Gasteiger partial charge is 0.389 e. The Kier molecular flexibility index (Phi) is 3.97. The van der Waals surface area contributed by atoms with Gasteiger partial charge in [0.15, 0.2) is 0 Å². The van der Waals surface area contributed by atoms with Crippen LogP contribution in [0.15, 0.2) is 5.38 Å². The van der Waals surface area contributed by atoms with Crippen molar-refractivity contribution in [2.45, 2.75) is 32.8 Å². The number of carbonyl (C=O) groups excluding carboxylic acids is 2. The predicted octanol–water partition coefficient (Wildman–Crippen LogP) is 2.16. The summed E-state index contributed by atoms with van der Waals surface area (Å²) >= 11 is 2.87. The number of rotatable bonds is 5. The smallest absolute Gasteiger partial charge is 0.143 e. The fraction of sp³-hybridized carbons (Fsp3) is 0.429. The summed E-state index contributed by atoms with van der Waals surface area (Å²) in [6.45, 7) is 1.81. The molecule has 21 heavy (non-hydrogen) atoms. The lowest BCUT2D eigenvalue weighted by Gasteiger charge is -2.21. The van der Waals surface area contributed by atoms with Crippen molar-refractivity contribution in [3.8, 4) is 10.6 Å². The van der Waals surface area contributed by atoms with Crippen molar-refractivity contribution in [2.75, 3.05) is 0 Å². The van der Waals surface area contributed by atoms with Gasteiger partial charge in [0.05, 0.1) is 29.3 Å². The third kappa shape index (κ3) is 2.95. The summed E-state index contributed by atoms with van der Waals surface area (Å²) in [4.78, 5) is 32.6. The van der Waals surface area contributed by atoms with Gasteiger partial charge in [0.1, 0.15) is 21.6 Å². The molecular weight excluding hydrogens is 308 g/mol. The van der Waals surface area contributed by atoms with Gasteiger partial charge in [0.2, 0.25) is 0 Å². The van der Waals surface area contributed by atoms with E-state index >= 15 is 0 Å². The van der Waals surface area contributed by atoms with Gasteiger partial charge in [-0.05, 0) is 6.92 Å². The van der Waals surface area contributed by atoms with Gasteiger partial charge in [-0.1, -0.05) is 0 Å². The second-order valence-electron chi connectivity index (χ2n) is 5.09. The molecule has 0 bridgehead atoms. The molecule has 110 valence electrons. The van der Waals surface area contributed by atoms with Crippen LogP contribution in [0.3, 0.4) is 0 Å². The van der Waals surface area contributed by atoms with Crippen LogP contribution in [-0.2, 0) is 22.6 Å². The highest BCUT2D eigenvalue weighted by molar-refractivity contribution is 7.16. The van der Waals surface area contributed by atoms with Crippen LogP contribution in [0.4, 0.5) is 0 Å². The van der Waals surface area contributed by atoms with Gasteiger partial charge in [0.25, 0.3) is 0 Å². The maximum Gasteiger partial charge on any atom is 0.143 e. The van der Waals surface area contributed by atoms with Gasteiger partial charge in [-0.3, -0.25) is 9.59 Å². The van der Waals surface area contributed by atoms with Gasteiger partial charge in [-0.25, -0.2) is 9.97 Å². The van der Waals surface area contributed by atoms with Crippen LogP contribution < -0.4 is 0 Å². The number of hydrogen-bond donors (Lipinski definition) is 1. The first-order valence-corrected chi connectivity index (χ1v) is 8.32. The van der Waals surface area contributed by atoms with Crippen molar-refractivity contribution in [3.63, 3.8) is 0 Å². The average molecular weight is 322 g/mol. The number of thiazole rings is 2. The van der Waals surface area contributed by atoms with Crippen molar-refractivity contribution in [3.05, 3.63) is 21.1 Å². The van der Waals surface area contributed by atoms with E-state index in [-0.39, 0.29) is 24.1 Å². The molecule has 1 fully saturated rings. The molecule has 1 aliphatic carbocycles. The molecular formula is C14H14N2O3S2. The first-order chi connectivity index (χ1) is 10.1. The molecule has 0 spiro atoms. The van der Waals surface area contributed by atoms with Crippen LogP contribution in [-0.4, -0.2) is 26.6 Å². The molecule has 0 radical (unpaired) electrons. The Morgan fingerprint density at radius 2 is 2.14 bits per heavy atom. The summed E-state index contributed by atoms with van der Waals surface area (Å²) in [6.07, 6.45) is 1.09. The number of ketones is 2. The minimum Gasteiger partial charge on any atom is -0.389 e. The highest BCUT2D eigenvalue weighted by Gasteiger charge is 2.32. The number of hydrogen-bond acceptors (Lipinski definition) is 7. The Hall–Kier alpha value is -1.44. The molecule has 2 aromatic heterocycles. The van der Waals surface area contributed by atoms with Crippen molar-refractivity contribution in [2.24, 2.45) is 5.92 Å². The van der Waals surface area contributed by atoms with Crippen LogP contribution in [0.2, 0.25) is 0 Å². The summed E-state index contributed by atoms with van der Waals surface area (Å²) in [5.74, 6) is 0.175. The second kappa shape index (κ2) is 5.75. The minimum absolute atomic E-state index is 0.0727. The Labute approximate surface area is 129 Å². The van der Waals surface area contributed by atoms with Gasteiger partial charge in [0, 0.05) is 24.1 Å². The zero-order valence-corrected chi connectivity index (χ0v) is 13.1. The first kappa shape index (κ1) is 14.5. The number of aliphatic hydroxyl groups excluding tert-OH is 1. The first-order valence-electron chi connectivity index (χ1n) is 6.63. The fourth-order valence-electron chi connectivity index (χ4n) is 2.26. The number of Topliss-reactive ketones (excluding diaryl/α,β-unsaturated/α-hetero) is 2. The maximum absolute atomic E-state index is 12.0. The van der Waals surface area contributed by atoms with E-state index in [0.717, 1.165) is 21.3 Å². The number of aliphatic hydroxyl groups is 1. The van der Waals surface area contributed by atoms with E-state index in [0.29, 0.717) is 24.3 Å². The van der Waals surface area contributed by atoms with E-state index in [9.17, 15) is 9.59 Å². The fourth-order valence-corrected chi connectivity index (χ4v) is 4.02. The van der Waals surface area contributed by atoms with E-state index in [1.165, 1.54) is 22.7 Å². The standard InChI is InChI=1S/C14H14N2O3S2/c1-7-14(21-13(5-17)15-7)10-6-20-12(16-10)4-11(19)8-2-9(18)3-8/h6,8,17H,2-5H2,1H3. The second-order valence-corrected chi connectivity index (χ2v) is 7.12. The zero-order valence-electron chi connectivity index (χ0n) is 11.5. The van der Waals surface area contributed by atoms with Crippen LogP contribution in [0.1, 0.15) is 28.6 Å². The normalized spacial score (nSPS) is 15.2. The predicted molar refractivity (Wildman–Crippen MR) is 80.3 cm³/mol. The summed E-state index contributed by atoms with van der Waals surface area (Å²) in [5.41, 5.74) is 1.65. The quantitative estimate of drug-likeness (QED) is 0.912. The van der Waals surface area contributed by atoms with Gasteiger partial charge in [-0.15, -0.1) is 22.7 Å². The molecule has 1 aliphatic rings. The minimum atomic E-state index is -0.101. The van der Waals surface area contributed by atoms with E-state index in [4.69, 9.17) is 5.11 Å². The average Bonchev–Trinajstić information content (AvgIpc) is 3.01. The molecule has 0 aliphatic heterocycles. The van der Waals surface area contributed by atoms with Crippen LogP contribution in [0.5, 0.6) is 0 Å². The molecule has 0 amide bonds. The lowest BCUT2D eigenvalue weighted by Crippen LogP contribution is -2.31. The highest BCUT2D eigenvalue weighted by Crippen LogP contribution is 2.32. The number of carbonyl (C=O) groups is 2. The number of nitrogens with zero attached hydrogens (tertiary/aromatic N) is 2. The van der Waals surface area contributed by atoms with E-state index in [2.05, 4.69) is 9.97 Å². The third-order valence-electron chi connectivity index (χ3n) is 3.49. The summed E-state index contributed by atoms with van der Waals surface area (Å²) < 4.78 is 0. The van der Waals surface area contributed by atoms with Gasteiger partial charge >= 0.3 is 0 Å². The molecule has 0 aromatic carbocycles. The molecule has 0 saturated heterocycles. The molecule has 7 heteroatoms. The topological polar surface area (TPSA) is 80.2 Å². The van der Waals surface area contributed by atoms with Crippen molar-refractivity contribution in [1.82, 2.24) is 9.97 Å². The van der Waals surface area contributed by atoms with Crippen LogP contribution in [0, 0.1) is 12.8 Å². The van der Waals surface area contributed by atoms with Crippen molar-refractivity contribution < 1.29 is 14.7 Å². The summed E-state index contributed by atoms with van der Waals surface area (Å²) in [7, 11) is 0. The third-order valence-corrected chi connectivity index (χ3v) is 5.50. The van der Waals surface area contributed by atoms with Gasteiger partial charge in [-0.2, -0.15) is 0 Å². The van der Waals surface area contributed by atoms with E-state index in [1.54, 1.807) is 0 Å². The Bertz CT molecular complexity index is 697. The molecule has 2 heterocycles. The Balaban J connectivity index is 1.72. The highest BCUT2D eigenvalue weighted by atomic mass is 32.1. The monoisotopic (exact) mass is 322 g/mol. The molecule has 0 unspecified atom stereocenters. The SMILES string of the molecule is Cc1nc(CO)sc1-c1csc(CC(=O)C2CC(=O)C2)n1.